The van der Waals surface area contributed by atoms with Crippen molar-refractivity contribution in [2.75, 3.05) is 13.4 Å². The lowest BCUT2D eigenvalue weighted by Gasteiger charge is -2.17. The largest absolute Gasteiger partial charge is 0.356 e. The molecule has 4 heteroatoms. The number of hydrogen-bond acceptors (Lipinski definition) is 2. The lowest BCUT2D eigenvalue weighted by atomic mass is 10.1. The highest BCUT2D eigenvalue weighted by atomic mass is 79.9. The van der Waals surface area contributed by atoms with Crippen LogP contribution >= 0.6 is 15.9 Å². The summed E-state index contributed by atoms with van der Waals surface area (Å²) in [6, 6.07) is 4.96. The summed E-state index contributed by atoms with van der Waals surface area (Å²) >= 11 is 3.23. The molecule has 0 radical (unpaired) electrons. The first-order chi connectivity index (χ1) is 7.70. The van der Waals surface area contributed by atoms with Gasteiger partial charge in [-0.1, -0.05) is 19.1 Å². The van der Waals surface area contributed by atoms with Gasteiger partial charge in [0.2, 0.25) is 0 Å². The third-order valence-corrected chi connectivity index (χ3v) is 3.09. The van der Waals surface area contributed by atoms with Gasteiger partial charge in [-0.05, 0) is 40.9 Å². The fourth-order valence-corrected chi connectivity index (χ4v) is 1.93. The van der Waals surface area contributed by atoms with Crippen LogP contribution in [0.2, 0.25) is 0 Å². The lowest BCUT2D eigenvalue weighted by Crippen LogP contribution is -2.08. The summed E-state index contributed by atoms with van der Waals surface area (Å²) in [6.07, 6.45) is 0.631. The molecular formula is C12H16BrFO2. The number of benzene rings is 1. The van der Waals surface area contributed by atoms with Gasteiger partial charge in [-0.2, -0.15) is 0 Å². The molecule has 1 aromatic carbocycles. The molecule has 0 aliphatic carbocycles. The molecule has 0 saturated carbocycles. The molecule has 1 aromatic rings. The second kappa shape index (κ2) is 6.99. The smallest absolute Gasteiger partial charge is 0.147 e. The molecule has 0 aliphatic heterocycles. The summed E-state index contributed by atoms with van der Waals surface area (Å²) in [5, 5.41) is 0. The van der Waals surface area contributed by atoms with E-state index in [1.54, 1.807) is 6.07 Å². The Morgan fingerprint density at radius 3 is 2.75 bits per heavy atom. The Hall–Kier alpha value is -0.450. The quantitative estimate of drug-likeness (QED) is 0.581. The van der Waals surface area contributed by atoms with Gasteiger partial charge in [-0.3, -0.25) is 0 Å². The van der Waals surface area contributed by atoms with E-state index in [1.165, 1.54) is 6.07 Å². The van der Waals surface area contributed by atoms with Crippen molar-refractivity contribution in [3.8, 4) is 0 Å². The van der Waals surface area contributed by atoms with Crippen molar-refractivity contribution in [3.05, 3.63) is 34.1 Å². The van der Waals surface area contributed by atoms with E-state index in [2.05, 4.69) is 15.9 Å². The average molecular weight is 291 g/mol. The lowest BCUT2D eigenvalue weighted by molar-refractivity contribution is -0.0889. The van der Waals surface area contributed by atoms with Gasteiger partial charge in [0, 0.05) is 6.61 Å². The highest BCUT2D eigenvalue weighted by Gasteiger charge is 2.15. The molecule has 0 N–H and O–H groups in total. The Morgan fingerprint density at radius 1 is 1.38 bits per heavy atom. The van der Waals surface area contributed by atoms with E-state index in [1.807, 2.05) is 19.9 Å². The first-order valence-corrected chi connectivity index (χ1v) is 6.13. The molecule has 1 rings (SSSR count). The van der Waals surface area contributed by atoms with Crippen molar-refractivity contribution in [2.45, 2.75) is 26.4 Å². The van der Waals surface area contributed by atoms with E-state index >= 15 is 0 Å². The molecule has 0 amide bonds. The average Bonchev–Trinajstić information content (AvgIpc) is 2.29. The highest BCUT2D eigenvalue weighted by molar-refractivity contribution is 9.10. The zero-order chi connectivity index (χ0) is 12.0. The Balaban J connectivity index is 2.74. The molecule has 0 aliphatic rings. The fraction of sp³-hybridized carbons (Fsp3) is 0.500. The normalized spacial score (nSPS) is 12.8. The third-order valence-electron chi connectivity index (χ3n) is 2.26. The summed E-state index contributed by atoms with van der Waals surface area (Å²) in [5.41, 5.74) is 0.821. The minimum absolute atomic E-state index is 0.142. The van der Waals surface area contributed by atoms with Crippen LogP contribution in [0.4, 0.5) is 4.39 Å². The van der Waals surface area contributed by atoms with Gasteiger partial charge in [0.05, 0.1) is 10.6 Å². The van der Waals surface area contributed by atoms with Crippen molar-refractivity contribution in [1.29, 1.82) is 0 Å². The van der Waals surface area contributed by atoms with Gasteiger partial charge in [0.15, 0.2) is 0 Å². The van der Waals surface area contributed by atoms with E-state index in [4.69, 9.17) is 9.47 Å². The number of hydrogen-bond donors (Lipinski definition) is 0. The third kappa shape index (κ3) is 3.54. The number of ether oxygens (including phenoxy) is 2. The molecule has 0 unspecified atom stereocenters. The van der Waals surface area contributed by atoms with E-state index in [9.17, 15) is 4.39 Å². The molecule has 1 atom stereocenters. The second-order valence-electron chi connectivity index (χ2n) is 3.32. The van der Waals surface area contributed by atoms with Crippen molar-refractivity contribution in [3.63, 3.8) is 0 Å². The molecule has 0 heterocycles. The Kier molecular flexibility index (Phi) is 5.95. The van der Waals surface area contributed by atoms with Crippen LogP contribution in [0, 0.1) is 5.82 Å². The molecule has 2 nitrogen and oxygen atoms in total. The van der Waals surface area contributed by atoms with E-state index in [-0.39, 0.29) is 18.7 Å². The highest BCUT2D eigenvalue weighted by Crippen LogP contribution is 2.30. The maximum atomic E-state index is 13.3. The number of rotatable bonds is 6. The Labute approximate surface area is 104 Å². The van der Waals surface area contributed by atoms with Crippen molar-refractivity contribution in [1.82, 2.24) is 0 Å². The molecule has 0 fully saturated rings. The molecular weight excluding hydrogens is 275 g/mol. The van der Waals surface area contributed by atoms with E-state index < -0.39 is 0 Å². The van der Waals surface area contributed by atoms with Crippen LogP contribution in [0.3, 0.4) is 0 Å². The van der Waals surface area contributed by atoms with Gasteiger partial charge < -0.3 is 9.47 Å². The van der Waals surface area contributed by atoms with Crippen molar-refractivity contribution in [2.24, 2.45) is 0 Å². The topological polar surface area (TPSA) is 18.5 Å². The first kappa shape index (κ1) is 13.6. The summed E-state index contributed by atoms with van der Waals surface area (Å²) in [4.78, 5) is 0. The summed E-state index contributed by atoms with van der Waals surface area (Å²) in [6.45, 7) is 4.75. The van der Waals surface area contributed by atoms with Crippen LogP contribution < -0.4 is 0 Å². The van der Waals surface area contributed by atoms with Crippen LogP contribution in [-0.2, 0) is 9.47 Å². The number of halogens is 2. The minimum Gasteiger partial charge on any atom is -0.356 e. The first-order valence-electron chi connectivity index (χ1n) is 5.33. The van der Waals surface area contributed by atoms with Crippen LogP contribution in [0.15, 0.2) is 22.7 Å². The van der Waals surface area contributed by atoms with Crippen molar-refractivity contribution < 1.29 is 13.9 Å². The van der Waals surface area contributed by atoms with Crippen LogP contribution in [0.25, 0.3) is 0 Å². The maximum Gasteiger partial charge on any atom is 0.147 e. The summed E-state index contributed by atoms with van der Waals surface area (Å²) < 4.78 is 24.5. The van der Waals surface area contributed by atoms with E-state index in [0.29, 0.717) is 11.1 Å². The predicted molar refractivity (Wildman–Crippen MR) is 64.7 cm³/mol. The van der Waals surface area contributed by atoms with Crippen molar-refractivity contribution >= 4 is 15.9 Å². The minimum atomic E-state index is -0.268. The van der Waals surface area contributed by atoms with Gasteiger partial charge >= 0.3 is 0 Å². The second-order valence-corrected chi connectivity index (χ2v) is 4.11. The van der Waals surface area contributed by atoms with Gasteiger partial charge in [0.25, 0.3) is 0 Å². The standard InChI is InChI=1S/C12H16BrFO2/c1-3-11(16-8-15-4-2)9-6-5-7-10(14)12(9)13/h5-7,11H,3-4,8H2,1-2H3/t11-/m1/s1. The predicted octanol–water partition coefficient (Wildman–Crippen LogP) is 4.05. The summed E-state index contributed by atoms with van der Waals surface area (Å²) in [7, 11) is 0. The Bertz CT molecular complexity index is 331. The van der Waals surface area contributed by atoms with Crippen LogP contribution in [0.1, 0.15) is 31.9 Å². The zero-order valence-corrected chi connectivity index (χ0v) is 11.1. The monoisotopic (exact) mass is 290 g/mol. The molecule has 90 valence electrons. The maximum absolute atomic E-state index is 13.3. The Morgan fingerprint density at radius 2 is 2.12 bits per heavy atom. The molecule has 16 heavy (non-hydrogen) atoms. The molecule has 0 saturated heterocycles. The molecule has 0 bridgehead atoms. The van der Waals surface area contributed by atoms with Gasteiger partial charge in [-0.25, -0.2) is 4.39 Å². The molecule has 0 aromatic heterocycles. The SMILES string of the molecule is CCOCO[C@H](CC)c1cccc(F)c1Br. The van der Waals surface area contributed by atoms with E-state index in [0.717, 1.165) is 12.0 Å². The van der Waals surface area contributed by atoms with Crippen LogP contribution in [0.5, 0.6) is 0 Å². The van der Waals surface area contributed by atoms with Gasteiger partial charge in [0.1, 0.15) is 12.6 Å². The van der Waals surface area contributed by atoms with Crippen LogP contribution in [-0.4, -0.2) is 13.4 Å². The fourth-order valence-electron chi connectivity index (χ4n) is 1.41. The molecule has 0 spiro atoms. The zero-order valence-electron chi connectivity index (χ0n) is 9.50. The van der Waals surface area contributed by atoms with Gasteiger partial charge in [-0.15, -0.1) is 0 Å². The summed E-state index contributed by atoms with van der Waals surface area (Å²) in [5.74, 6) is -0.268.